The lowest BCUT2D eigenvalue weighted by Crippen LogP contribution is -2.14. The molecule has 0 spiro atoms. The van der Waals surface area contributed by atoms with E-state index in [2.05, 4.69) is 9.71 Å². The Bertz CT molecular complexity index is 755. The molecule has 0 aliphatic carbocycles. The minimum atomic E-state index is -3.66. The second-order valence-corrected chi connectivity index (χ2v) is 6.39. The molecule has 1 aromatic carbocycles. The van der Waals surface area contributed by atoms with E-state index >= 15 is 0 Å². The van der Waals surface area contributed by atoms with Gasteiger partial charge in [-0.3, -0.25) is 9.71 Å². The molecule has 6 heteroatoms. The number of pyridine rings is 1. The van der Waals surface area contributed by atoms with Crippen molar-refractivity contribution in [3.8, 4) is 0 Å². The number of aryl methyl sites for hydroxylation is 3. The van der Waals surface area contributed by atoms with Crippen molar-refractivity contribution in [2.75, 3.05) is 10.5 Å². The van der Waals surface area contributed by atoms with Crippen LogP contribution in [0.25, 0.3) is 0 Å². The first kappa shape index (κ1) is 14.3. The first-order chi connectivity index (χ1) is 9.29. The molecule has 0 bridgehead atoms. The predicted octanol–water partition coefficient (Wildman–Crippen LogP) is 2.39. The van der Waals surface area contributed by atoms with Gasteiger partial charge in [-0.05, 0) is 50.6 Å². The highest BCUT2D eigenvalue weighted by atomic mass is 32.2. The Kier molecular flexibility index (Phi) is 3.67. The maximum Gasteiger partial charge on any atom is 0.262 e. The van der Waals surface area contributed by atoms with Crippen LogP contribution < -0.4 is 10.5 Å². The number of benzene rings is 1. The fraction of sp³-hybridized carbons (Fsp3) is 0.214. The number of hydrogen-bond donors (Lipinski definition) is 2. The third kappa shape index (κ3) is 2.91. The van der Waals surface area contributed by atoms with Crippen molar-refractivity contribution in [3.05, 3.63) is 47.3 Å². The van der Waals surface area contributed by atoms with E-state index < -0.39 is 10.0 Å². The van der Waals surface area contributed by atoms with Gasteiger partial charge in [0, 0.05) is 11.4 Å². The molecule has 0 aliphatic heterocycles. The molecular weight excluding hydrogens is 274 g/mol. The molecule has 20 heavy (non-hydrogen) atoms. The van der Waals surface area contributed by atoms with Crippen molar-refractivity contribution in [3.63, 3.8) is 0 Å². The fourth-order valence-corrected chi connectivity index (χ4v) is 2.94. The monoisotopic (exact) mass is 291 g/mol. The number of sulfonamides is 1. The summed E-state index contributed by atoms with van der Waals surface area (Å²) in [7, 11) is -3.66. The van der Waals surface area contributed by atoms with Gasteiger partial charge in [-0.1, -0.05) is 6.07 Å². The van der Waals surface area contributed by atoms with Gasteiger partial charge in [0.1, 0.15) is 0 Å². The molecule has 2 rings (SSSR count). The number of nitrogens with zero attached hydrogens (tertiary/aromatic N) is 1. The number of hydrogen-bond acceptors (Lipinski definition) is 4. The largest absolute Gasteiger partial charge is 0.398 e. The van der Waals surface area contributed by atoms with Crippen molar-refractivity contribution in [1.29, 1.82) is 0 Å². The maximum atomic E-state index is 12.3. The summed E-state index contributed by atoms with van der Waals surface area (Å²) in [6.45, 7) is 5.44. The number of nitrogen functional groups attached to an aromatic ring is 1. The number of anilines is 2. The van der Waals surface area contributed by atoms with Crippen molar-refractivity contribution >= 4 is 21.4 Å². The van der Waals surface area contributed by atoms with E-state index in [1.54, 1.807) is 25.1 Å². The van der Waals surface area contributed by atoms with Gasteiger partial charge in [0.2, 0.25) is 0 Å². The van der Waals surface area contributed by atoms with Crippen LogP contribution in [0.4, 0.5) is 11.4 Å². The van der Waals surface area contributed by atoms with Gasteiger partial charge < -0.3 is 5.73 Å². The van der Waals surface area contributed by atoms with Crippen LogP contribution in [0.3, 0.4) is 0 Å². The van der Waals surface area contributed by atoms with Crippen LogP contribution in [0.5, 0.6) is 0 Å². The van der Waals surface area contributed by atoms with Crippen molar-refractivity contribution in [1.82, 2.24) is 4.98 Å². The molecule has 2 aromatic rings. The highest BCUT2D eigenvalue weighted by Crippen LogP contribution is 2.21. The molecule has 0 saturated carbocycles. The first-order valence-electron chi connectivity index (χ1n) is 6.13. The third-order valence-electron chi connectivity index (χ3n) is 3.03. The van der Waals surface area contributed by atoms with Crippen LogP contribution in [0.2, 0.25) is 0 Å². The Morgan fingerprint density at radius 3 is 2.40 bits per heavy atom. The topological polar surface area (TPSA) is 85.1 Å². The lowest BCUT2D eigenvalue weighted by Gasteiger charge is -2.11. The summed E-state index contributed by atoms with van der Waals surface area (Å²) in [4.78, 5) is 4.37. The molecule has 1 heterocycles. The standard InChI is InChI=1S/C14H17N3O2S/c1-9-4-6-12(8-13(9)15)20(18,19)17-14-7-5-10(2)16-11(14)3/h4-8,17H,15H2,1-3H3. The summed E-state index contributed by atoms with van der Waals surface area (Å²) >= 11 is 0. The number of nitrogens with two attached hydrogens (primary N) is 1. The Morgan fingerprint density at radius 1 is 1.10 bits per heavy atom. The van der Waals surface area contributed by atoms with E-state index in [4.69, 9.17) is 5.73 Å². The quantitative estimate of drug-likeness (QED) is 0.850. The lowest BCUT2D eigenvalue weighted by molar-refractivity contribution is 0.601. The Hall–Kier alpha value is -2.08. The van der Waals surface area contributed by atoms with Crippen molar-refractivity contribution in [2.45, 2.75) is 25.7 Å². The highest BCUT2D eigenvalue weighted by molar-refractivity contribution is 7.92. The molecule has 1 aromatic heterocycles. The average molecular weight is 291 g/mol. The molecular formula is C14H17N3O2S. The smallest absolute Gasteiger partial charge is 0.262 e. The predicted molar refractivity (Wildman–Crippen MR) is 80.1 cm³/mol. The van der Waals surface area contributed by atoms with E-state index in [-0.39, 0.29) is 4.90 Å². The van der Waals surface area contributed by atoms with Crippen LogP contribution in [-0.2, 0) is 10.0 Å². The SMILES string of the molecule is Cc1ccc(NS(=O)(=O)c2ccc(C)c(N)c2)c(C)n1. The average Bonchev–Trinajstić information content (AvgIpc) is 2.36. The van der Waals surface area contributed by atoms with Gasteiger partial charge in [-0.15, -0.1) is 0 Å². The summed E-state index contributed by atoms with van der Waals surface area (Å²) < 4.78 is 27.1. The summed E-state index contributed by atoms with van der Waals surface area (Å²) in [5.41, 5.74) is 8.99. The second kappa shape index (κ2) is 5.13. The molecule has 5 nitrogen and oxygen atoms in total. The van der Waals surface area contributed by atoms with Gasteiger partial charge >= 0.3 is 0 Å². The Balaban J connectivity index is 2.38. The molecule has 0 radical (unpaired) electrons. The van der Waals surface area contributed by atoms with Crippen LogP contribution >= 0.6 is 0 Å². The van der Waals surface area contributed by atoms with Gasteiger partial charge in [0.15, 0.2) is 0 Å². The molecule has 0 atom stereocenters. The number of nitrogens with one attached hydrogen (secondary N) is 1. The summed E-state index contributed by atoms with van der Waals surface area (Å²) in [6.07, 6.45) is 0. The zero-order chi connectivity index (χ0) is 14.9. The molecule has 3 N–H and O–H groups in total. The minimum Gasteiger partial charge on any atom is -0.398 e. The molecule has 0 unspecified atom stereocenters. The number of rotatable bonds is 3. The molecule has 0 aliphatic rings. The zero-order valence-electron chi connectivity index (χ0n) is 11.6. The normalized spacial score (nSPS) is 11.3. The maximum absolute atomic E-state index is 12.3. The van der Waals surface area contributed by atoms with Crippen LogP contribution in [0.1, 0.15) is 17.0 Å². The van der Waals surface area contributed by atoms with E-state index in [0.717, 1.165) is 11.3 Å². The Morgan fingerprint density at radius 2 is 1.80 bits per heavy atom. The van der Waals surface area contributed by atoms with Gasteiger partial charge in [-0.2, -0.15) is 0 Å². The fourth-order valence-electron chi connectivity index (χ4n) is 1.78. The van der Waals surface area contributed by atoms with Gasteiger partial charge in [-0.25, -0.2) is 8.42 Å². The minimum absolute atomic E-state index is 0.139. The Labute approximate surface area is 118 Å². The molecule has 106 valence electrons. The molecule has 0 amide bonds. The van der Waals surface area contributed by atoms with E-state index in [9.17, 15) is 8.42 Å². The summed E-state index contributed by atoms with van der Waals surface area (Å²) in [6, 6.07) is 8.13. The van der Waals surface area contributed by atoms with E-state index in [0.29, 0.717) is 17.1 Å². The molecule has 0 saturated heterocycles. The van der Waals surface area contributed by atoms with Crippen LogP contribution in [0.15, 0.2) is 35.2 Å². The first-order valence-corrected chi connectivity index (χ1v) is 7.61. The molecule has 0 fully saturated rings. The van der Waals surface area contributed by atoms with Gasteiger partial charge in [0.05, 0.1) is 16.3 Å². The summed E-state index contributed by atoms with van der Waals surface area (Å²) in [5.74, 6) is 0. The third-order valence-corrected chi connectivity index (χ3v) is 4.39. The zero-order valence-corrected chi connectivity index (χ0v) is 12.5. The van der Waals surface area contributed by atoms with Crippen LogP contribution in [0, 0.1) is 20.8 Å². The highest BCUT2D eigenvalue weighted by Gasteiger charge is 2.16. The van der Waals surface area contributed by atoms with Crippen molar-refractivity contribution in [2.24, 2.45) is 0 Å². The van der Waals surface area contributed by atoms with E-state index in [1.165, 1.54) is 12.1 Å². The van der Waals surface area contributed by atoms with Crippen LogP contribution in [-0.4, -0.2) is 13.4 Å². The lowest BCUT2D eigenvalue weighted by atomic mass is 10.2. The number of aromatic nitrogens is 1. The van der Waals surface area contributed by atoms with Crippen molar-refractivity contribution < 1.29 is 8.42 Å². The summed E-state index contributed by atoms with van der Waals surface area (Å²) in [5, 5.41) is 0. The van der Waals surface area contributed by atoms with E-state index in [1.807, 2.05) is 13.8 Å². The second-order valence-electron chi connectivity index (χ2n) is 4.71. The van der Waals surface area contributed by atoms with Gasteiger partial charge in [0.25, 0.3) is 10.0 Å².